The van der Waals surface area contributed by atoms with Crippen molar-refractivity contribution in [1.29, 1.82) is 0 Å². The molecule has 4 rings (SSSR count). The summed E-state index contributed by atoms with van der Waals surface area (Å²) in [6, 6.07) is 11.0. The molecule has 2 amide bonds. The Labute approximate surface area is 218 Å². The topological polar surface area (TPSA) is 107 Å². The highest BCUT2D eigenvalue weighted by atomic mass is 35.5. The standard InChI is InChI=1S/C23H18Cl2F3N7O2/c1-12-7-13(24)8-15(21(36)29-2)20(12)31-22(37)18-9-14(11-34-30-10-19(33-34)23(26,27)28)32-35(18)17-6-4-3-5-16(17)25/h3-10H,11H2,1-2H3,(H,29,36)(H,31,37). The van der Waals surface area contributed by atoms with E-state index in [0.29, 0.717) is 22.5 Å². The smallest absolute Gasteiger partial charge is 0.355 e. The molecule has 2 aromatic heterocycles. The third-order valence-corrected chi connectivity index (χ3v) is 5.75. The van der Waals surface area contributed by atoms with Gasteiger partial charge in [-0.3, -0.25) is 9.59 Å². The molecule has 0 unspecified atom stereocenters. The predicted octanol–water partition coefficient (Wildman–Crippen LogP) is 4.76. The molecule has 0 fully saturated rings. The number of amides is 2. The van der Waals surface area contributed by atoms with Gasteiger partial charge in [0.15, 0.2) is 5.69 Å². The largest absolute Gasteiger partial charge is 0.436 e. The third-order valence-electron chi connectivity index (χ3n) is 5.21. The molecule has 0 saturated heterocycles. The van der Waals surface area contributed by atoms with Crippen LogP contribution >= 0.6 is 23.2 Å². The Hall–Kier alpha value is -3.90. The number of aromatic nitrogens is 5. The van der Waals surface area contributed by atoms with Gasteiger partial charge in [-0.15, -0.1) is 5.10 Å². The Bertz CT molecular complexity index is 1500. The maximum atomic E-state index is 13.5. The van der Waals surface area contributed by atoms with E-state index in [1.165, 1.54) is 23.9 Å². The molecule has 0 aliphatic carbocycles. The van der Waals surface area contributed by atoms with Crippen molar-refractivity contribution < 1.29 is 22.8 Å². The molecule has 0 bridgehead atoms. The number of nitrogens with zero attached hydrogens (tertiary/aromatic N) is 5. The highest BCUT2D eigenvalue weighted by Crippen LogP contribution is 2.29. The molecule has 9 nitrogen and oxygen atoms in total. The highest BCUT2D eigenvalue weighted by Gasteiger charge is 2.34. The average molecular weight is 552 g/mol. The van der Waals surface area contributed by atoms with Crippen LogP contribution in [0.3, 0.4) is 0 Å². The zero-order valence-corrected chi connectivity index (χ0v) is 20.8. The second-order valence-corrected chi connectivity index (χ2v) is 8.66. The minimum absolute atomic E-state index is 0.00325. The Kier molecular flexibility index (Phi) is 7.23. The minimum Gasteiger partial charge on any atom is -0.355 e. The fourth-order valence-electron chi connectivity index (χ4n) is 3.52. The van der Waals surface area contributed by atoms with Crippen molar-refractivity contribution >= 4 is 40.7 Å². The summed E-state index contributed by atoms with van der Waals surface area (Å²) in [6.07, 6.45) is -4.05. The fraction of sp³-hybridized carbons (Fsp3) is 0.174. The van der Waals surface area contributed by atoms with Gasteiger partial charge in [-0.2, -0.15) is 28.2 Å². The lowest BCUT2D eigenvalue weighted by Gasteiger charge is -2.15. The molecule has 0 aliphatic rings. The number of anilines is 1. The summed E-state index contributed by atoms with van der Waals surface area (Å²) >= 11 is 12.4. The number of rotatable bonds is 6. The van der Waals surface area contributed by atoms with Gasteiger partial charge < -0.3 is 10.6 Å². The van der Waals surface area contributed by atoms with Crippen LogP contribution in [0.1, 0.15) is 37.8 Å². The van der Waals surface area contributed by atoms with Crippen LogP contribution in [0.5, 0.6) is 0 Å². The molecule has 0 saturated carbocycles. The second kappa shape index (κ2) is 10.2. The Morgan fingerprint density at radius 1 is 1.05 bits per heavy atom. The van der Waals surface area contributed by atoms with Gasteiger partial charge in [-0.1, -0.05) is 35.3 Å². The van der Waals surface area contributed by atoms with E-state index in [2.05, 4.69) is 25.9 Å². The maximum Gasteiger partial charge on any atom is 0.436 e. The van der Waals surface area contributed by atoms with E-state index in [0.717, 1.165) is 4.80 Å². The summed E-state index contributed by atoms with van der Waals surface area (Å²) in [4.78, 5) is 26.7. The maximum absolute atomic E-state index is 13.5. The first-order valence-corrected chi connectivity index (χ1v) is 11.4. The van der Waals surface area contributed by atoms with Crippen LogP contribution in [-0.2, 0) is 12.7 Å². The molecule has 0 spiro atoms. The summed E-state index contributed by atoms with van der Waals surface area (Å²) in [5.41, 5.74) is 0.289. The molecule has 192 valence electrons. The van der Waals surface area contributed by atoms with Gasteiger partial charge in [0.05, 0.1) is 33.9 Å². The van der Waals surface area contributed by atoms with E-state index < -0.39 is 23.7 Å². The SMILES string of the molecule is CNC(=O)c1cc(Cl)cc(C)c1NC(=O)c1cc(Cn2ncc(C(F)(F)F)n2)nn1-c1ccccc1Cl. The summed E-state index contributed by atoms with van der Waals surface area (Å²) in [7, 11) is 1.44. The second-order valence-electron chi connectivity index (χ2n) is 7.82. The first-order valence-electron chi connectivity index (χ1n) is 10.6. The van der Waals surface area contributed by atoms with E-state index in [1.54, 1.807) is 37.3 Å². The van der Waals surface area contributed by atoms with Gasteiger partial charge in [0, 0.05) is 12.1 Å². The van der Waals surface area contributed by atoms with Crippen LogP contribution in [0, 0.1) is 6.92 Å². The Morgan fingerprint density at radius 3 is 2.43 bits per heavy atom. The number of carbonyl (C=O) groups is 2. The molecule has 37 heavy (non-hydrogen) atoms. The van der Waals surface area contributed by atoms with Gasteiger partial charge in [0.2, 0.25) is 0 Å². The molecule has 2 N–H and O–H groups in total. The first kappa shape index (κ1) is 26.2. The lowest BCUT2D eigenvalue weighted by Crippen LogP contribution is -2.23. The van der Waals surface area contributed by atoms with Crippen LogP contribution in [0.4, 0.5) is 18.9 Å². The lowest BCUT2D eigenvalue weighted by atomic mass is 10.1. The quantitative estimate of drug-likeness (QED) is 0.359. The van der Waals surface area contributed by atoms with Crippen molar-refractivity contribution in [2.75, 3.05) is 12.4 Å². The lowest BCUT2D eigenvalue weighted by molar-refractivity contribution is -0.141. The molecule has 0 atom stereocenters. The van der Waals surface area contributed by atoms with Gasteiger partial charge in [0.1, 0.15) is 12.2 Å². The van der Waals surface area contributed by atoms with Gasteiger partial charge >= 0.3 is 6.18 Å². The van der Waals surface area contributed by atoms with Crippen molar-refractivity contribution in [3.8, 4) is 5.69 Å². The molecular formula is C23H18Cl2F3N7O2. The predicted molar refractivity (Wildman–Crippen MR) is 130 cm³/mol. The van der Waals surface area contributed by atoms with Crippen molar-refractivity contribution in [3.05, 3.63) is 86.9 Å². The van der Waals surface area contributed by atoms with Crippen LogP contribution in [0.15, 0.2) is 48.7 Å². The minimum atomic E-state index is -4.65. The van der Waals surface area contributed by atoms with Gasteiger partial charge in [0.25, 0.3) is 11.8 Å². The number of aryl methyl sites for hydroxylation is 1. The number of nitrogens with one attached hydrogen (secondary N) is 2. The molecular weight excluding hydrogens is 534 g/mol. The number of carbonyl (C=O) groups excluding carboxylic acids is 2. The van der Waals surface area contributed by atoms with E-state index in [9.17, 15) is 22.8 Å². The third kappa shape index (κ3) is 5.59. The van der Waals surface area contributed by atoms with Gasteiger partial charge in [-0.05, 0) is 42.8 Å². The zero-order chi connectivity index (χ0) is 26.9. The number of hydrogen-bond acceptors (Lipinski definition) is 5. The highest BCUT2D eigenvalue weighted by molar-refractivity contribution is 6.32. The zero-order valence-electron chi connectivity index (χ0n) is 19.3. The van der Waals surface area contributed by atoms with Crippen molar-refractivity contribution in [1.82, 2.24) is 30.1 Å². The van der Waals surface area contributed by atoms with Crippen molar-refractivity contribution in [3.63, 3.8) is 0 Å². The van der Waals surface area contributed by atoms with Gasteiger partial charge in [-0.25, -0.2) is 4.68 Å². The number of para-hydroxylation sites is 1. The van der Waals surface area contributed by atoms with Crippen molar-refractivity contribution in [2.24, 2.45) is 0 Å². The number of halogens is 5. The first-order chi connectivity index (χ1) is 17.5. The Morgan fingerprint density at radius 2 is 1.78 bits per heavy atom. The molecule has 0 aliphatic heterocycles. The normalized spacial score (nSPS) is 11.4. The molecule has 4 aromatic rings. The van der Waals surface area contributed by atoms with E-state index >= 15 is 0 Å². The van der Waals surface area contributed by atoms with Crippen LogP contribution in [0.2, 0.25) is 10.0 Å². The fourth-order valence-corrected chi connectivity index (χ4v) is 4.01. The number of alkyl halides is 3. The van der Waals surface area contributed by atoms with E-state index in [1.807, 2.05) is 0 Å². The number of hydrogen-bond donors (Lipinski definition) is 2. The summed E-state index contributed by atoms with van der Waals surface area (Å²) < 4.78 is 40.0. The van der Waals surface area contributed by atoms with Crippen LogP contribution in [-0.4, -0.2) is 43.6 Å². The molecule has 0 radical (unpaired) electrons. The summed E-state index contributed by atoms with van der Waals surface area (Å²) in [5.74, 6) is -1.12. The van der Waals surface area contributed by atoms with Crippen LogP contribution in [0.25, 0.3) is 5.69 Å². The monoisotopic (exact) mass is 551 g/mol. The summed E-state index contributed by atoms with van der Waals surface area (Å²) in [5, 5.41) is 17.2. The average Bonchev–Trinajstić information content (AvgIpc) is 3.48. The number of benzene rings is 2. The Balaban J connectivity index is 1.75. The summed E-state index contributed by atoms with van der Waals surface area (Å²) in [6.45, 7) is 1.42. The van der Waals surface area contributed by atoms with E-state index in [4.69, 9.17) is 23.2 Å². The van der Waals surface area contributed by atoms with E-state index in [-0.39, 0.29) is 34.2 Å². The van der Waals surface area contributed by atoms with Crippen LogP contribution < -0.4 is 10.6 Å². The molecule has 2 aromatic carbocycles. The van der Waals surface area contributed by atoms with Crippen molar-refractivity contribution in [2.45, 2.75) is 19.6 Å². The molecule has 2 heterocycles. The molecule has 14 heteroatoms.